The molecular weight excluding hydrogens is 334 g/mol. The van der Waals surface area contributed by atoms with Crippen molar-refractivity contribution in [1.82, 2.24) is 15.3 Å². The van der Waals surface area contributed by atoms with E-state index < -0.39 is 12.0 Å². The van der Waals surface area contributed by atoms with Gasteiger partial charge < -0.3 is 10.2 Å². The van der Waals surface area contributed by atoms with Crippen molar-refractivity contribution in [3.8, 4) is 0 Å². The number of carbonyl (C=O) groups excluding carboxylic acids is 3. The summed E-state index contributed by atoms with van der Waals surface area (Å²) in [6.45, 7) is 1.91. The summed E-state index contributed by atoms with van der Waals surface area (Å²) in [5, 5.41) is 12.7. The lowest BCUT2D eigenvalue weighted by molar-refractivity contribution is -0.155. The molecule has 1 rings (SSSR count). The molecular formula is C19H29N3O4. The summed E-state index contributed by atoms with van der Waals surface area (Å²) in [7, 11) is 3.28. The number of nitrogens with one attached hydrogen (secondary N) is 1. The van der Waals surface area contributed by atoms with Gasteiger partial charge in [0, 0.05) is 20.5 Å². The summed E-state index contributed by atoms with van der Waals surface area (Å²) < 4.78 is 0. The van der Waals surface area contributed by atoms with E-state index in [0.29, 0.717) is 17.9 Å². The Hall–Kier alpha value is -2.41. The molecule has 3 amide bonds. The first-order valence-corrected chi connectivity index (χ1v) is 8.85. The van der Waals surface area contributed by atoms with Gasteiger partial charge in [0.2, 0.25) is 18.2 Å². The van der Waals surface area contributed by atoms with Crippen molar-refractivity contribution in [3.05, 3.63) is 35.9 Å². The molecule has 0 fully saturated rings. The zero-order valence-corrected chi connectivity index (χ0v) is 15.7. The van der Waals surface area contributed by atoms with Crippen LogP contribution in [0.15, 0.2) is 30.3 Å². The molecule has 26 heavy (non-hydrogen) atoms. The Balaban J connectivity index is 2.89. The lowest BCUT2D eigenvalue weighted by atomic mass is 9.99. The fourth-order valence-corrected chi connectivity index (χ4v) is 2.68. The first kappa shape index (κ1) is 21.6. The van der Waals surface area contributed by atoms with Crippen molar-refractivity contribution in [2.24, 2.45) is 5.92 Å². The molecule has 0 aromatic heterocycles. The third-order valence-electron chi connectivity index (χ3n) is 4.14. The van der Waals surface area contributed by atoms with E-state index in [1.165, 1.54) is 4.90 Å². The summed E-state index contributed by atoms with van der Waals surface area (Å²) in [5.41, 5.74) is 0.940. The van der Waals surface area contributed by atoms with E-state index in [2.05, 4.69) is 5.32 Å². The van der Waals surface area contributed by atoms with E-state index in [1.807, 2.05) is 37.3 Å². The highest BCUT2D eigenvalue weighted by Gasteiger charge is 2.27. The lowest BCUT2D eigenvalue weighted by Crippen LogP contribution is -2.50. The number of hydroxylamine groups is 2. The Morgan fingerprint density at radius 3 is 2.42 bits per heavy atom. The van der Waals surface area contributed by atoms with Crippen molar-refractivity contribution >= 4 is 18.2 Å². The Labute approximate surface area is 154 Å². The smallest absolute Gasteiger partial charge is 0.244 e. The quantitative estimate of drug-likeness (QED) is 0.354. The molecule has 0 saturated heterocycles. The van der Waals surface area contributed by atoms with Crippen molar-refractivity contribution in [1.29, 1.82) is 0 Å². The monoisotopic (exact) mass is 363 g/mol. The van der Waals surface area contributed by atoms with E-state index in [1.54, 1.807) is 14.1 Å². The van der Waals surface area contributed by atoms with Gasteiger partial charge in [0.25, 0.3) is 0 Å². The second-order valence-corrected chi connectivity index (χ2v) is 6.55. The lowest BCUT2D eigenvalue weighted by Gasteiger charge is -2.25. The fourth-order valence-electron chi connectivity index (χ4n) is 2.68. The number of likely N-dealkylation sites (N-methyl/N-ethyl adjacent to an activating group) is 1. The molecule has 1 aromatic rings. The SMILES string of the molecule is CCCCC(CN(O)C=O)C(=O)N[C@@H](Cc1ccccc1)C(=O)N(C)C. The standard InChI is InChI=1S/C19H29N3O4/c1-4-5-11-16(13-22(26)14-23)18(24)20-17(19(25)21(2)3)12-15-9-7-6-8-10-15/h6-10,14,16-17,26H,4-5,11-13H2,1-3H3,(H,20,24)/t16?,17-/m0/s1. The molecule has 0 aliphatic rings. The predicted octanol–water partition coefficient (Wildman–Crippen LogP) is 1.46. The number of hydrogen-bond acceptors (Lipinski definition) is 4. The minimum atomic E-state index is -0.701. The average molecular weight is 363 g/mol. The van der Waals surface area contributed by atoms with Crippen LogP contribution < -0.4 is 5.32 Å². The summed E-state index contributed by atoms with van der Waals surface area (Å²) in [6, 6.07) is 8.75. The summed E-state index contributed by atoms with van der Waals surface area (Å²) >= 11 is 0. The van der Waals surface area contributed by atoms with Crippen molar-refractivity contribution < 1.29 is 19.6 Å². The average Bonchev–Trinajstić information content (AvgIpc) is 2.64. The molecule has 0 saturated carbocycles. The summed E-state index contributed by atoms with van der Waals surface area (Å²) in [4.78, 5) is 37.3. The Morgan fingerprint density at radius 2 is 1.88 bits per heavy atom. The number of rotatable bonds is 11. The van der Waals surface area contributed by atoms with Crippen LogP contribution in [0.1, 0.15) is 31.7 Å². The molecule has 7 nitrogen and oxygen atoms in total. The van der Waals surface area contributed by atoms with Gasteiger partial charge in [0.05, 0.1) is 12.5 Å². The normalized spacial score (nSPS) is 12.8. The van der Waals surface area contributed by atoms with Crippen LogP contribution in [0, 0.1) is 5.92 Å². The molecule has 0 aliphatic carbocycles. The number of hydrogen-bond donors (Lipinski definition) is 2. The third kappa shape index (κ3) is 7.23. The van der Waals surface area contributed by atoms with Crippen LogP contribution >= 0.6 is 0 Å². The van der Waals surface area contributed by atoms with Gasteiger partial charge in [0.15, 0.2) is 0 Å². The number of carbonyl (C=O) groups is 3. The van der Waals surface area contributed by atoms with Crippen molar-refractivity contribution in [2.75, 3.05) is 20.6 Å². The van der Waals surface area contributed by atoms with Crippen LogP contribution in [-0.2, 0) is 20.8 Å². The largest absolute Gasteiger partial charge is 0.347 e. The van der Waals surface area contributed by atoms with Crippen LogP contribution in [-0.4, -0.2) is 60.1 Å². The minimum Gasteiger partial charge on any atom is -0.347 e. The van der Waals surface area contributed by atoms with Gasteiger partial charge in [-0.3, -0.25) is 19.6 Å². The molecule has 1 aromatic carbocycles. The van der Waals surface area contributed by atoms with E-state index >= 15 is 0 Å². The van der Waals surface area contributed by atoms with Crippen LogP contribution in [0.3, 0.4) is 0 Å². The van der Waals surface area contributed by atoms with Gasteiger partial charge in [-0.05, 0) is 12.0 Å². The van der Waals surface area contributed by atoms with Gasteiger partial charge in [-0.2, -0.15) is 0 Å². The summed E-state index contributed by atoms with van der Waals surface area (Å²) in [6.07, 6.45) is 2.86. The number of nitrogens with zero attached hydrogens (tertiary/aromatic N) is 2. The maximum absolute atomic E-state index is 12.7. The maximum atomic E-state index is 12.7. The van der Waals surface area contributed by atoms with Gasteiger partial charge >= 0.3 is 0 Å². The highest BCUT2D eigenvalue weighted by atomic mass is 16.5. The fraction of sp³-hybridized carbons (Fsp3) is 0.526. The second-order valence-electron chi connectivity index (χ2n) is 6.55. The van der Waals surface area contributed by atoms with Crippen LogP contribution in [0.25, 0.3) is 0 Å². The molecule has 7 heteroatoms. The van der Waals surface area contributed by atoms with E-state index in [4.69, 9.17) is 0 Å². The van der Waals surface area contributed by atoms with Crippen molar-refractivity contribution in [2.45, 2.75) is 38.6 Å². The van der Waals surface area contributed by atoms with Gasteiger partial charge in [0.1, 0.15) is 6.04 Å². The Kier molecular flexibility index (Phi) is 9.36. The molecule has 2 N–H and O–H groups in total. The minimum absolute atomic E-state index is 0.0937. The third-order valence-corrected chi connectivity index (χ3v) is 4.14. The van der Waals surface area contributed by atoms with E-state index in [9.17, 15) is 19.6 Å². The second kappa shape index (κ2) is 11.3. The molecule has 144 valence electrons. The first-order valence-electron chi connectivity index (χ1n) is 8.85. The number of benzene rings is 1. The highest BCUT2D eigenvalue weighted by Crippen LogP contribution is 2.12. The van der Waals surface area contributed by atoms with E-state index in [0.717, 1.165) is 18.4 Å². The van der Waals surface area contributed by atoms with Crippen LogP contribution in [0.4, 0.5) is 0 Å². The number of amides is 3. The molecule has 1 unspecified atom stereocenters. The van der Waals surface area contributed by atoms with Crippen LogP contribution in [0.5, 0.6) is 0 Å². The molecule has 0 spiro atoms. The molecule has 0 heterocycles. The van der Waals surface area contributed by atoms with E-state index in [-0.39, 0.29) is 24.8 Å². The van der Waals surface area contributed by atoms with Gasteiger partial charge in [-0.15, -0.1) is 0 Å². The predicted molar refractivity (Wildman–Crippen MR) is 98.3 cm³/mol. The first-order chi connectivity index (χ1) is 12.4. The zero-order chi connectivity index (χ0) is 19.5. The van der Waals surface area contributed by atoms with Crippen molar-refractivity contribution in [3.63, 3.8) is 0 Å². The Morgan fingerprint density at radius 1 is 1.23 bits per heavy atom. The molecule has 0 aliphatic heterocycles. The highest BCUT2D eigenvalue weighted by molar-refractivity contribution is 5.88. The van der Waals surface area contributed by atoms with Crippen LogP contribution in [0.2, 0.25) is 0 Å². The molecule has 0 bridgehead atoms. The summed E-state index contributed by atoms with van der Waals surface area (Å²) in [5.74, 6) is -1.11. The van der Waals surface area contributed by atoms with Gasteiger partial charge in [-0.25, -0.2) is 5.06 Å². The number of unbranched alkanes of at least 4 members (excludes halogenated alkanes) is 1. The zero-order valence-electron chi connectivity index (χ0n) is 15.7. The maximum Gasteiger partial charge on any atom is 0.244 e. The van der Waals surface area contributed by atoms with Gasteiger partial charge in [-0.1, -0.05) is 50.1 Å². The molecule has 2 atom stereocenters. The topological polar surface area (TPSA) is 90.0 Å². The molecule has 0 radical (unpaired) electrons. The Bertz CT molecular complexity index is 577.